The van der Waals surface area contributed by atoms with E-state index in [1.807, 2.05) is 18.2 Å². The first-order valence-corrected chi connectivity index (χ1v) is 17.0. The molecular formula is C32H39ClN2O6S. The van der Waals surface area contributed by atoms with Crippen LogP contribution in [0.25, 0.3) is 0 Å². The normalized spacial score (nSPS) is 31.8. The Labute approximate surface area is 252 Å². The molecule has 1 saturated carbocycles. The number of aliphatic hydroxyl groups excluding tert-OH is 2. The van der Waals surface area contributed by atoms with E-state index in [0.29, 0.717) is 38.3 Å². The minimum Gasteiger partial charge on any atom is -0.490 e. The van der Waals surface area contributed by atoms with Gasteiger partial charge in [0.25, 0.3) is 5.91 Å². The number of carbonyl (C=O) groups is 1. The van der Waals surface area contributed by atoms with Crippen LogP contribution in [-0.2, 0) is 21.9 Å². The van der Waals surface area contributed by atoms with Gasteiger partial charge in [0.2, 0.25) is 10.0 Å². The molecule has 3 N–H and O–H groups in total. The second-order valence-corrected chi connectivity index (χ2v) is 14.8. The second kappa shape index (κ2) is 11.8. The summed E-state index contributed by atoms with van der Waals surface area (Å²) in [5, 5.41) is 21.6. The highest BCUT2D eigenvalue weighted by Crippen LogP contribution is 2.46. The number of fused-ring (bicyclic) bond motifs is 4. The fourth-order valence-electron chi connectivity index (χ4n) is 7.31. The van der Waals surface area contributed by atoms with Crippen molar-refractivity contribution >= 4 is 33.2 Å². The van der Waals surface area contributed by atoms with Crippen LogP contribution in [0.15, 0.2) is 48.6 Å². The minimum atomic E-state index is -3.99. The van der Waals surface area contributed by atoms with Gasteiger partial charge in [-0.3, -0.25) is 4.79 Å². The van der Waals surface area contributed by atoms with Gasteiger partial charge >= 0.3 is 0 Å². The van der Waals surface area contributed by atoms with Crippen molar-refractivity contribution in [2.24, 2.45) is 17.8 Å². The molecule has 42 heavy (non-hydrogen) atoms. The van der Waals surface area contributed by atoms with Gasteiger partial charge in [-0.05, 0) is 98.2 Å². The van der Waals surface area contributed by atoms with E-state index in [1.54, 1.807) is 18.2 Å². The van der Waals surface area contributed by atoms with Crippen molar-refractivity contribution in [3.8, 4) is 5.75 Å². The first-order valence-electron chi connectivity index (χ1n) is 15.0. The molecule has 4 aliphatic rings. The largest absolute Gasteiger partial charge is 0.490 e. The van der Waals surface area contributed by atoms with E-state index < -0.39 is 28.0 Å². The highest BCUT2D eigenvalue weighted by Gasteiger charge is 2.44. The van der Waals surface area contributed by atoms with E-state index in [-0.39, 0.29) is 35.2 Å². The third kappa shape index (κ3) is 5.94. The van der Waals surface area contributed by atoms with Gasteiger partial charge in [-0.2, -0.15) is 0 Å². The van der Waals surface area contributed by atoms with E-state index in [2.05, 4.69) is 21.8 Å². The molecule has 2 heterocycles. The van der Waals surface area contributed by atoms with Crippen molar-refractivity contribution in [1.82, 2.24) is 4.72 Å². The van der Waals surface area contributed by atoms with E-state index in [1.165, 1.54) is 11.1 Å². The number of benzene rings is 2. The fourth-order valence-corrected chi connectivity index (χ4v) is 8.85. The zero-order valence-electron chi connectivity index (χ0n) is 23.7. The van der Waals surface area contributed by atoms with Gasteiger partial charge in [0.05, 0.1) is 24.2 Å². The van der Waals surface area contributed by atoms with Crippen LogP contribution in [0.5, 0.6) is 5.75 Å². The molecule has 6 rings (SSSR count). The van der Waals surface area contributed by atoms with Gasteiger partial charge in [-0.25, -0.2) is 13.1 Å². The van der Waals surface area contributed by atoms with Gasteiger partial charge in [0.1, 0.15) is 5.75 Å². The van der Waals surface area contributed by atoms with Crippen LogP contribution >= 0.6 is 11.6 Å². The maximum absolute atomic E-state index is 13.2. The Kier molecular flexibility index (Phi) is 8.30. The number of allylic oxidation sites excluding steroid dienone is 1. The number of rotatable bonds is 1. The number of ether oxygens (including phenoxy) is 1. The summed E-state index contributed by atoms with van der Waals surface area (Å²) in [6.45, 7) is 1.53. The van der Waals surface area contributed by atoms with E-state index in [4.69, 9.17) is 16.3 Å². The molecule has 8 nitrogen and oxygen atoms in total. The molecule has 1 fully saturated rings. The predicted molar refractivity (Wildman–Crippen MR) is 163 cm³/mol. The molecule has 10 heteroatoms. The summed E-state index contributed by atoms with van der Waals surface area (Å²) in [6.07, 6.45) is 8.89. The van der Waals surface area contributed by atoms with Gasteiger partial charge in [0, 0.05) is 41.6 Å². The molecule has 2 aliphatic carbocycles. The number of aryl methyl sites for hydroxylation is 1. The maximum Gasteiger partial charge on any atom is 0.264 e. The van der Waals surface area contributed by atoms with Crippen LogP contribution in [0.3, 0.4) is 0 Å². The lowest BCUT2D eigenvalue weighted by atomic mass is 9.68. The third-order valence-corrected chi connectivity index (χ3v) is 11.3. The van der Waals surface area contributed by atoms with Crippen LogP contribution < -0.4 is 14.4 Å². The molecule has 226 valence electrons. The molecule has 2 aromatic rings. The van der Waals surface area contributed by atoms with Gasteiger partial charge in [0.15, 0.2) is 0 Å². The van der Waals surface area contributed by atoms with Gasteiger partial charge < -0.3 is 19.8 Å². The monoisotopic (exact) mass is 614 g/mol. The highest BCUT2D eigenvalue weighted by atomic mass is 35.5. The summed E-state index contributed by atoms with van der Waals surface area (Å²) in [5.41, 5.74) is 3.20. The van der Waals surface area contributed by atoms with Gasteiger partial charge in [-0.15, -0.1) is 0 Å². The second-order valence-electron chi connectivity index (χ2n) is 12.6. The number of nitrogens with zero attached hydrogens (tertiary/aromatic N) is 1. The lowest BCUT2D eigenvalue weighted by Crippen LogP contribution is -2.49. The fraction of sp³-hybridized carbons (Fsp3) is 0.531. The van der Waals surface area contributed by atoms with Crippen molar-refractivity contribution in [3.05, 3.63) is 70.3 Å². The molecule has 0 saturated heterocycles. The maximum atomic E-state index is 13.2. The van der Waals surface area contributed by atoms with Gasteiger partial charge in [-0.1, -0.05) is 29.8 Å². The molecule has 1 spiro atoms. The zero-order valence-corrected chi connectivity index (χ0v) is 25.2. The molecule has 2 aliphatic heterocycles. The third-order valence-electron chi connectivity index (χ3n) is 9.70. The molecule has 1 amide bonds. The van der Waals surface area contributed by atoms with E-state index >= 15 is 0 Å². The molecule has 0 radical (unpaired) electrons. The molecule has 0 unspecified atom stereocenters. The molecule has 2 aromatic carbocycles. The van der Waals surface area contributed by atoms with Crippen molar-refractivity contribution in [1.29, 1.82) is 0 Å². The predicted octanol–water partition coefficient (Wildman–Crippen LogP) is 4.22. The summed E-state index contributed by atoms with van der Waals surface area (Å²) in [6, 6.07) is 11.2. The molecular weight excluding hydrogens is 576 g/mol. The summed E-state index contributed by atoms with van der Waals surface area (Å²) in [4.78, 5) is 15.5. The lowest BCUT2D eigenvalue weighted by molar-refractivity contribution is 0.0177. The summed E-state index contributed by atoms with van der Waals surface area (Å²) in [7, 11) is -3.99. The number of hydrogen-bond donors (Lipinski definition) is 3. The van der Waals surface area contributed by atoms with Crippen LogP contribution in [-0.4, -0.2) is 62.7 Å². The summed E-state index contributed by atoms with van der Waals surface area (Å²) >= 11 is 6.38. The standard InChI is InChI=1S/C32H39ClN2O6S/c33-25-9-11-27-22(14-25)5-3-13-32(27)19-35-16-24-7-10-26(24)29(37)6-2-1-4-21(17-36)18-42(39,40)34-31(38)23-8-12-30(41-20-32)28(35)15-23/h1-2,8-9,11-12,14-15,21,24,26,29,36-37H,3-7,10,13,16-20H2,(H,34,38)/b2-1-/t21-,24+,26-,29+,32+/m1/s1. The number of halogens is 1. The molecule has 2 bridgehead atoms. The number of sulfonamides is 1. The van der Waals surface area contributed by atoms with E-state index in [0.717, 1.165) is 42.8 Å². The van der Waals surface area contributed by atoms with Crippen molar-refractivity contribution in [3.63, 3.8) is 0 Å². The van der Waals surface area contributed by atoms with Crippen LogP contribution in [0.2, 0.25) is 5.02 Å². The van der Waals surface area contributed by atoms with Crippen molar-refractivity contribution < 1.29 is 28.2 Å². The van der Waals surface area contributed by atoms with E-state index in [9.17, 15) is 23.4 Å². The van der Waals surface area contributed by atoms with Crippen LogP contribution in [0.1, 0.15) is 60.0 Å². The SMILES string of the molecule is O=C1NS(=O)(=O)C[C@@H](CO)C/C=C\C[C@H](O)[C@@H]2CC[C@H]2CN2C[C@@]3(CCCc4cc(Cl)ccc43)COc3ccc1cc32. The quantitative estimate of drug-likeness (QED) is 0.412. The Morgan fingerprint density at radius 1 is 1.12 bits per heavy atom. The number of nitrogens with one attached hydrogen (secondary N) is 1. The topological polar surface area (TPSA) is 116 Å². The smallest absolute Gasteiger partial charge is 0.264 e. The lowest BCUT2D eigenvalue weighted by Gasteiger charge is -2.45. The van der Waals surface area contributed by atoms with Crippen LogP contribution in [0.4, 0.5) is 5.69 Å². The Morgan fingerprint density at radius 2 is 1.95 bits per heavy atom. The van der Waals surface area contributed by atoms with Crippen molar-refractivity contribution in [2.45, 2.75) is 56.5 Å². The Morgan fingerprint density at radius 3 is 2.74 bits per heavy atom. The first-order chi connectivity index (χ1) is 20.2. The number of hydrogen-bond acceptors (Lipinski definition) is 7. The Bertz CT molecular complexity index is 1480. The average molecular weight is 615 g/mol. The molecule has 0 aromatic heterocycles. The number of carbonyl (C=O) groups excluding carboxylic acids is 1. The average Bonchev–Trinajstić information content (AvgIpc) is 3.08. The van der Waals surface area contributed by atoms with Crippen LogP contribution in [0, 0.1) is 17.8 Å². The Hall–Kier alpha value is -2.59. The highest BCUT2D eigenvalue weighted by molar-refractivity contribution is 7.90. The first kappa shape index (κ1) is 29.5. The minimum absolute atomic E-state index is 0.145. The number of anilines is 1. The zero-order chi connectivity index (χ0) is 29.5. The Balaban J connectivity index is 1.40. The van der Waals surface area contributed by atoms with Crippen molar-refractivity contribution in [2.75, 3.05) is 37.0 Å². The molecule has 5 atom stereocenters. The summed E-state index contributed by atoms with van der Waals surface area (Å²) < 4.78 is 34.5. The number of amides is 1. The number of aliphatic hydroxyl groups is 2. The summed E-state index contributed by atoms with van der Waals surface area (Å²) in [5.74, 6) is -0.571.